The van der Waals surface area contributed by atoms with Crippen LogP contribution in [-0.4, -0.2) is 52.1 Å². The molecule has 3 heterocycles. The number of rotatable bonds is 5. The number of piperidine rings is 1. The van der Waals surface area contributed by atoms with E-state index in [4.69, 9.17) is 14.2 Å². The van der Waals surface area contributed by atoms with Crippen molar-refractivity contribution in [1.82, 2.24) is 25.1 Å². The van der Waals surface area contributed by atoms with Gasteiger partial charge < -0.3 is 14.2 Å². The maximum atomic E-state index is 5.62. The van der Waals surface area contributed by atoms with Crippen LogP contribution in [0.1, 0.15) is 36.7 Å². The molecule has 29 heavy (non-hydrogen) atoms. The zero-order valence-electron chi connectivity index (χ0n) is 16.3. The van der Waals surface area contributed by atoms with Crippen LogP contribution >= 0.6 is 0 Å². The second kappa shape index (κ2) is 7.71. The van der Waals surface area contributed by atoms with E-state index in [2.05, 4.69) is 32.6 Å². The smallest absolute Gasteiger partial charge is 0.231 e. The molecule has 8 nitrogen and oxygen atoms in total. The summed E-state index contributed by atoms with van der Waals surface area (Å²) < 4.78 is 18.2. The molecule has 2 aliphatic rings. The first-order valence-corrected chi connectivity index (χ1v) is 9.90. The summed E-state index contributed by atoms with van der Waals surface area (Å²) in [4.78, 5) is 2.45. The quantitative estimate of drug-likeness (QED) is 0.660. The summed E-state index contributed by atoms with van der Waals surface area (Å²) >= 11 is 0. The van der Waals surface area contributed by atoms with E-state index < -0.39 is 0 Å². The number of tetrazole rings is 1. The predicted molar refractivity (Wildman–Crippen MR) is 106 cm³/mol. The number of hydrogen-bond acceptors (Lipinski definition) is 7. The van der Waals surface area contributed by atoms with Crippen molar-refractivity contribution >= 4 is 0 Å². The van der Waals surface area contributed by atoms with Crippen molar-refractivity contribution in [3.05, 3.63) is 53.9 Å². The highest BCUT2D eigenvalue weighted by Crippen LogP contribution is 2.38. The van der Waals surface area contributed by atoms with E-state index in [1.807, 2.05) is 35.0 Å². The number of methoxy groups -OCH3 is 1. The predicted octanol–water partition coefficient (Wildman–Crippen LogP) is 2.97. The molecule has 0 radical (unpaired) electrons. The van der Waals surface area contributed by atoms with Gasteiger partial charge in [0.1, 0.15) is 5.75 Å². The van der Waals surface area contributed by atoms with Gasteiger partial charge in [-0.1, -0.05) is 12.5 Å². The zero-order chi connectivity index (χ0) is 19.6. The van der Waals surface area contributed by atoms with Crippen LogP contribution in [0.3, 0.4) is 0 Å². The molecule has 0 saturated carbocycles. The van der Waals surface area contributed by atoms with Crippen molar-refractivity contribution in [3.8, 4) is 22.9 Å². The van der Waals surface area contributed by atoms with Crippen molar-refractivity contribution in [2.24, 2.45) is 0 Å². The zero-order valence-corrected chi connectivity index (χ0v) is 16.3. The van der Waals surface area contributed by atoms with Gasteiger partial charge in [0.2, 0.25) is 6.79 Å². The topological polar surface area (TPSA) is 74.5 Å². The standard InChI is InChI=1S/C21H23N5O3/c1-27-17-8-6-16(7-9-17)26-21(22-23-24-26)20(25-11-3-2-4-12-25)15-5-10-18-19(13-15)29-14-28-18/h5-10,13,20H,2-4,11-12,14H2,1H3. The molecule has 0 aliphatic carbocycles. The van der Waals surface area contributed by atoms with Gasteiger partial charge in [-0.05, 0) is 78.3 Å². The van der Waals surface area contributed by atoms with Crippen molar-refractivity contribution in [2.75, 3.05) is 27.0 Å². The lowest BCUT2D eigenvalue weighted by Gasteiger charge is -2.34. The number of hydrogen-bond donors (Lipinski definition) is 0. The van der Waals surface area contributed by atoms with Gasteiger partial charge in [0.25, 0.3) is 0 Å². The fourth-order valence-corrected chi connectivity index (χ4v) is 4.05. The lowest BCUT2D eigenvalue weighted by Crippen LogP contribution is -2.35. The van der Waals surface area contributed by atoms with Gasteiger partial charge in [0.15, 0.2) is 17.3 Å². The van der Waals surface area contributed by atoms with Gasteiger partial charge in [-0.2, -0.15) is 4.68 Å². The minimum absolute atomic E-state index is 0.0677. The van der Waals surface area contributed by atoms with Gasteiger partial charge in [-0.15, -0.1) is 5.10 Å². The van der Waals surface area contributed by atoms with Crippen molar-refractivity contribution in [2.45, 2.75) is 25.3 Å². The maximum Gasteiger partial charge on any atom is 0.231 e. The lowest BCUT2D eigenvalue weighted by atomic mass is 10.00. The third-order valence-electron chi connectivity index (χ3n) is 5.52. The Hall–Kier alpha value is -3.13. The van der Waals surface area contributed by atoms with Crippen LogP contribution in [0.2, 0.25) is 0 Å². The summed E-state index contributed by atoms with van der Waals surface area (Å²) in [5, 5.41) is 12.7. The molecule has 1 saturated heterocycles. The highest BCUT2D eigenvalue weighted by Gasteiger charge is 2.30. The maximum absolute atomic E-state index is 5.62. The van der Waals surface area contributed by atoms with Gasteiger partial charge in [-0.25, -0.2) is 0 Å². The van der Waals surface area contributed by atoms with Crippen LogP contribution in [-0.2, 0) is 0 Å². The third kappa shape index (κ3) is 3.40. The van der Waals surface area contributed by atoms with Gasteiger partial charge in [0.05, 0.1) is 18.8 Å². The van der Waals surface area contributed by atoms with E-state index >= 15 is 0 Å². The molecule has 1 unspecified atom stereocenters. The van der Waals surface area contributed by atoms with Crippen molar-refractivity contribution in [1.29, 1.82) is 0 Å². The molecular formula is C21H23N5O3. The van der Waals surface area contributed by atoms with E-state index in [9.17, 15) is 0 Å². The van der Waals surface area contributed by atoms with E-state index in [0.717, 1.165) is 47.4 Å². The number of likely N-dealkylation sites (tertiary alicyclic amines) is 1. The van der Waals surface area contributed by atoms with Crippen LogP contribution in [0.4, 0.5) is 0 Å². The van der Waals surface area contributed by atoms with Gasteiger partial charge in [-0.3, -0.25) is 4.90 Å². The second-order valence-corrected chi connectivity index (χ2v) is 7.26. The number of benzene rings is 2. The molecule has 0 N–H and O–H groups in total. The number of ether oxygens (including phenoxy) is 3. The highest BCUT2D eigenvalue weighted by atomic mass is 16.7. The Morgan fingerprint density at radius 3 is 2.55 bits per heavy atom. The Morgan fingerprint density at radius 2 is 1.76 bits per heavy atom. The minimum Gasteiger partial charge on any atom is -0.497 e. The Morgan fingerprint density at radius 1 is 0.966 bits per heavy atom. The van der Waals surface area contributed by atoms with E-state index in [-0.39, 0.29) is 12.8 Å². The fourth-order valence-electron chi connectivity index (χ4n) is 4.05. The van der Waals surface area contributed by atoms with Crippen LogP contribution in [0.25, 0.3) is 5.69 Å². The van der Waals surface area contributed by atoms with Crippen LogP contribution in [0, 0.1) is 0 Å². The fraction of sp³-hybridized carbons (Fsp3) is 0.381. The number of fused-ring (bicyclic) bond motifs is 1. The van der Waals surface area contributed by atoms with Crippen LogP contribution in [0.5, 0.6) is 17.2 Å². The molecule has 1 fully saturated rings. The molecule has 1 atom stereocenters. The largest absolute Gasteiger partial charge is 0.497 e. The molecule has 0 bridgehead atoms. The molecule has 5 rings (SSSR count). The molecule has 1 aromatic heterocycles. The SMILES string of the molecule is COc1ccc(-n2nnnc2C(c2ccc3c(c2)OCO3)N2CCCCC2)cc1. The summed E-state index contributed by atoms with van der Waals surface area (Å²) in [7, 11) is 1.66. The third-order valence-corrected chi connectivity index (χ3v) is 5.52. The Balaban J connectivity index is 1.57. The average molecular weight is 393 g/mol. The monoisotopic (exact) mass is 393 g/mol. The number of nitrogens with zero attached hydrogens (tertiary/aromatic N) is 5. The molecule has 3 aromatic rings. The molecule has 150 valence electrons. The van der Waals surface area contributed by atoms with Crippen LogP contribution in [0.15, 0.2) is 42.5 Å². The summed E-state index contributed by atoms with van der Waals surface area (Å²) in [6.07, 6.45) is 3.60. The molecule has 0 amide bonds. The van der Waals surface area contributed by atoms with Crippen molar-refractivity contribution < 1.29 is 14.2 Å². The Bertz CT molecular complexity index is 982. The molecular weight excluding hydrogens is 370 g/mol. The highest BCUT2D eigenvalue weighted by molar-refractivity contribution is 5.47. The Labute approximate surface area is 169 Å². The van der Waals surface area contributed by atoms with E-state index in [1.165, 1.54) is 19.3 Å². The minimum atomic E-state index is -0.0677. The molecule has 0 spiro atoms. The van der Waals surface area contributed by atoms with Gasteiger partial charge in [0, 0.05) is 0 Å². The normalized spacial score (nSPS) is 17.3. The average Bonchev–Trinajstić information content (AvgIpc) is 3.44. The molecule has 8 heteroatoms. The molecule has 2 aromatic carbocycles. The summed E-state index contributed by atoms with van der Waals surface area (Å²) in [6, 6.07) is 13.8. The summed E-state index contributed by atoms with van der Waals surface area (Å²) in [6.45, 7) is 2.28. The summed E-state index contributed by atoms with van der Waals surface area (Å²) in [5.74, 6) is 3.14. The summed E-state index contributed by atoms with van der Waals surface area (Å²) in [5.41, 5.74) is 1.99. The molecule has 2 aliphatic heterocycles. The van der Waals surface area contributed by atoms with E-state index in [1.54, 1.807) is 7.11 Å². The first kappa shape index (κ1) is 17.9. The lowest BCUT2D eigenvalue weighted by molar-refractivity contribution is 0.172. The second-order valence-electron chi connectivity index (χ2n) is 7.26. The first-order valence-electron chi connectivity index (χ1n) is 9.90. The van der Waals surface area contributed by atoms with Crippen molar-refractivity contribution in [3.63, 3.8) is 0 Å². The number of aromatic nitrogens is 4. The Kier molecular flexibility index (Phi) is 4.77. The van der Waals surface area contributed by atoms with E-state index in [0.29, 0.717) is 0 Å². The first-order chi connectivity index (χ1) is 14.3. The van der Waals surface area contributed by atoms with Crippen LogP contribution < -0.4 is 14.2 Å². The van der Waals surface area contributed by atoms with Gasteiger partial charge >= 0.3 is 0 Å².